The van der Waals surface area contributed by atoms with Gasteiger partial charge in [-0.05, 0) is 18.1 Å². The minimum atomic E-state index is -3.71. The molecular formula is C12H17NO5S. The smallest absolute Gasteiger partial charge is 0.322 e. The van der Waals surface area contributed by atoms with Crippen LogP contribution < -0.4 is 4.72 Å². The second-order valence-corrected chi connectivity index (χ2v) is 5.67. The fourth-order valence-electron chi connectivity index (χ4n) is 1.44. The second kappa shape index (κ2) is 7.22. The van der Waals surface area contributed by atoms with Crippen molar-refractivity contribution in [2.75, 3.05) is 12.4 Å². The molecule has 106 valence electrons. The first-order chi connectivity index (χ1) is 8.96. The summed E-state index contributed by atoms with van der Waals surface area (Å²) in [6, 6.07) is 6.87. The Bertz CT molecular complexity index is 527. The minimum Gasteiger partial charge on any atom is -0.465 e. The maximum atomic E-state index is 11.6. The Hall–Kier alpha value is -1.44. The van der Waals surface area contributed by atoms with E-state index in [-0.39, 0.29) is 19.8 Å². The summed E-state index contributed by atoms with van der Waals surface area (Å²) in [5, 5.41) is 8.97. The number of aliphatic hydroxyl groups is 1. The molecule has 0 unspecified atom stereocenters. The van der Waals surface area contributed by atoms with E-state index in [4.69, 9.17) is 5.11 Å². The van der Waals surface area contributed by atoms with E-state index in [9.17, 15) is 13.2 Å². The molecule has 0 aliphatic heterocycles. The summed E-state index contributed by atoms with van der Waals surface area (Å²) in [6.45, 7) is 1.71. The monoisotopic (exact) mass is 287 g/mol. The number of carbonyl (C=O) groups is 1. The molecule has 0 saturated heterocycles. The van der Waals surface area contributed by atoms with E-state index in [1.807, 2.05) is 0 Å². The van der Waals surface area contributed by atoms with Crippen LogP contribution in [0.1, 0.15) is 18.1 Å². The summed E-state index contributed by atoms with van der Waals surface area (Å²) < 4.78 is 30.0. The number of hydrogen-bond donors (Lipinski definition) is 2. The van der Waals surface area contributed by atoms with Crippen molar-refractivity contribution in [2.24, 2.45) is 0 Å². The third-order valence-electron chi connectivity index (χ3n) is 2.28. The molecule has 0 aromatic heterocycles. The zero-order valence-electron chi connectivity index (χ0n) is 10.6. The van der Waals surface area contributed by atoms with E-state index in [2.05, 4.69) is 9.46 Å². The lowest BCUT2D eigenvalue weighted by molar-refractivity contribution is -0.139. The van der Waals surface area contributed by atoms with E-state index in [1.54, 1.807) is 31.2 Å². The van der Waals surface area contributed by atoms with E-state index in [0.717, 1.165) is 0 Å². The summed E-state index contributed by atoms with van der Waals surface area (Å²) in [7, 11) is -3.71. The van der Waals surface area contributed by atoms with Crippen LogP contribution in [0.4, 0.5) is 0 Å². The van der Waals surface area contributed by atoms with Gasteiger partial charge < -0.3 is 9.84 Å². The van der Waals surface area contributed by atoms with Crippen molar-refractivity contribution in [3.8, 4) is 0 Å². The quantitative estimate of drug-likeness (QED) is 0.697. The lowest BCUT2D eigenvalue weighted by Crippen LogP contribution is -2.30. The van der Waals surface area contributed by atoms with Crippen molar-refractivity contribution >= 4 is 16.0 Å². The highest BCUT2D eigenvalue weighted by Gasteiger charge is 2.16. The number of esters is 1. The van der Waals surface area contributed by atoms with Crippen molar-refractivity contribution in [2.45, 2.75) is 20.1 Å². The molecule has 0 amide bonds. The Kier molecular flexibility index (Phi) is 5.94. The van der Waals surface area contributed by atoms with Crippen LogP contribution in [-0.4, -0.2) is 31.9 Å². The van der Waals surface area contributed by atoms with Gasteiger partial charge in [0.1, 0.15) is 0 Å². The molecule has 0 saturated carbocycles. The molecule has 0 fully saturated rings. The third kappa shape index (κ3) is 5.82. The Balaban J connectivity index is 2.57. The number of nitrogens with one attached hydrogen (secondary N) is 1. The predicted molar refractivity (Wildman–Crippen MR) is 69.6 cm³/mol. The molecule has 0 heterocycles. The van der Waals surface area contributed by atoms with Crippen molar-refractivity contribution < 1.29 is 23.1 Å². The highest BCUT2D eigenvalue weighted by atomic mass is 32.2. The molecule has 0 aliphatic rings. The summed E-state index contributed by atoms with van der Waals surface area (Å²) in [5.74, 6) is -1.47. The van der Waals surface area contributed by atoms with Crippen LogP contribution >= 0.6 is 0 Å². The van der Waals surface area contributed by atoms with E-state index in [0.29, 0.717) is 11.1 Å². The van der Waals surface area contributed by atoms with Gasteiger partial charge in [-0.1, -0.05) is 24.3 Å². The Morgan fingerprint density at radius 2 is 2.05 bits per heavy atom. The average Bonchev–Trinajstić information content (AvgIpc) is 2.36. The molecule has 1 aromatic rings. The Morgan fingerprint density at radius 1 is 1.37 bits per heavy atom. The summed E-state index contributed by atoms with van der Waals surface area (Å²) in [6.07, 6.45) is 0. The van der Waals surface area contributed by atoms with Gasteiger partial charge in [0.2, 0.25) is 10.0 Å². The standard InChI is InChI=1S/C12H17NO5S/c1-2-18-12(15)9-19(16,17)13-7-10-4-3-5-11(6-10)8-14/h3-6,13-14H,2,7-9H2,1H3. The molecule has 0 atom stereocenters. The van der Waals surface area contributed by atoms with E-state index < -0.39 is 21.7 Å². The van der Waals surface area contributed by atoms with Crippen LogP contribution in [0.2, 0.25) is 0 Å². The van der Waals surface area contributed by atoms with Crippen LogP contribution in [0.15, 0.2) is 24.3 Å². The molecule has 0 aliphatic carbocycles. The highest BCUT2D eigenvalue weighted by Crippen LogP contribution is 2.05. The van der Waals surface area contributed by atoms with Crippen molar-refractivity contribution in [1.82, 2.24) is 4.72 Å². The van der Waals surface area contributed by atoms with Crippen LogP contribution in [-0.2, 0) is 32.7 Å². The van der Waals surface area contributed by atoms with Gasteiger partial charge in [0.05, 0.1) is 13.2 Å². The van der Waals surface area contributed by atoms with Crippen LogP contribution in [0.3, 0.4) is 0 Å². The summed E-state index contributed by atoms with van der Waals surface area (Å²) >= 11 is 0. The molecule has 1 rings (SSSR count). The zero-order chi connectivity index (χ0) is 14.3. The highest BCUT2D eigenvalue weighted by molar-refractivity contribution is 7.90. The van der Waals surface area contributed by atoms with Gasteiger partial charge in [-0.25, -0.2) is 13.1 Å². The predicted octanol–water partition coefficient (Wildman–Crippen LogP) is 0.161. The van der Waals surface area contributed by atoms with Gasteiger partial charge in [0.15, 0.2) is 5.75 Å². The normalized spacial score (nSPS) is 11.3. The van der Waals surface area contributed by atoms with Crippen LogP contribution in [0.5, 0.6) is 0 Å². The number of benzene rings is 1. The number of sulfonamides is 1. The lowest BCUT2D eigenvalue weighted by Gasteiger charge is -2.07. The number of rotatable bonds is 7. The molecule has 0 bridgehead atoms. The van der Waals surface area contributed by atoms with Crippen molar-refractivity contribution in [3.63, 3.8) is 0 Å². The molecule has 0 radical (unpaired) electrons. The lowest BCUT2D eigenvalue weighted by atomic mass is 10.1. The fourth-order valence-corrected chi connectivity index (χ4v) is 2.32. The molecular weight excluding hydrogens is 270 g/mol. The van der Waals surface area contributed by atoms with Crippen molar-refractivity contribution in [1.29, 1.82) is 0 Å². The molecule has 7 heteroatoms. The molecule has 19 heavy (non-hydrogen) atoms. The SMILES string of the molecule is CCOC(=O)CS(=O)(=O)NCc1cccc(CO)c1. The van der Waals surface area contributed by atoms with Gasteiger partial charge in [-0.3, -0.25) is 4.79 Å². The first-order valence-electron chi connectivity index (χ1n) is 5.78. The van der Waals surface area contributed by atoms with E-state index >= 15 is 0 Å². The molecule has 6 nitrogen and oxygen atoms in total. The summed E-state index contributed by atoms with van der Waals surface area (Å²) in [4.78, 5) is 11.1. The maximum Gasteiger partial charge on any atom is 0.322 e. The van der Waals surface area contributed by atoms with Gasteiger partial charge in [0, 0.05) is 6.54 Å². The van der Waals surface area contributed by atoms with Crippen molar-refractivity contribution in [3.05, 3.63) is 35.4 Å². The van der Waals surface area contributed by atoms with Gasteiger partial charge in [-0.15, -0.1) is 0 Å². The third-order valence-corrected chi connectivity index (χ3v) is 3.48. The largest absolute Gasteiger partial charge is 0.465 e. The molecule has 2 N–H and O–H groups in total. The molecule has 1 aromatic carbocycles. The number of hydrogen-bond acceptors (Lipinski definition) is 5. The second-order valence-electron chi connectivity index (χ2n) is 3.86. The fraction of sp³-hybridized carbons (Fsp3) is 0.417. The maximum absolute atomic E-state index is 11.6. The number of aliphatic hydroxyl groups excluding tert-OH is 1. The summed E-state index contributed by atoms with van der Waals surface area (Å²) in [5.41, 5.74) is 1.40. The minimum absolute atomic E-state index is 0.0651. The van der Waals surface area contributed by atoms with E-state index in [1.165, 1.54) is 0 Å². The van der Waals surface area contributed by atoms with Gasteiger partial charge >= 0.3 is 5.97 Å². The Morgan fingerprint density at radius 3 is 2.68 bits per heavy atom. The first kappa shape index (κ1) is 15.6. The van der Waals surface area contributed by atoms with Gasteiger partial charge in [0.25, 0.3) is 0 Å². The molecule has 0 spiro atoms. The zero-order valence-corrected chi connectivity index (χ0v) is 11.4. The van der Waals surface area contributed by atoms with Crippen LogP contribution in [0.25, 0.3) is 0 Å². The van der Waals surface area contributed by atoms with Crippen LogP contribution in [0, 0.1) is 0 Å². The number of ether oxygens (including phenoxy) is 1. The number of carbonyl (C=O) groups excluding carboxylic acids is 1. The average molecular weight is 287 g/mol. The van der Waals surface area contributed by atoms with Gasteiger partial charge in [-0.2, -0.15) is 0 Å². The topological polar surface area (TPSA) is 92.7 Å². The first-order valence-corrected chi connectivity index (χ1v) is 7.43. The Labute approximate surface area is 112 Å².